The first kappa shape index (κ1) is 29.8. The van der Waals surface area contributed by atoms with Gasteiger partial charge in [0.2, 0.25) is 10.0 Å². The summed E-state index contributed by atoms with van der Waals surface area (Å²) >= 11 is 0. The van der Waals surface area contributed by atoms with Crippen LogP contribution in [0.2, 0.25) is 0 Å². The summed E-state index contributed by atoms with van der Waals surface area (Å²) in [5, 5.41) is 1.46. The number of hydrogen-bond acceptors (Lipinski definition) is 8. The number of carbonyl (C=O) groups is 1. The molecule has 0 unspecified atom stereocenters. The van der Waals surface area contributed by atoms with Crippen molar-refractivity contribution in [3.05, 3.63) is 70.8 Å². The SMILES string of the molecule is CCN(N)/C=C(\N)CO[C@H](c1ccc(C)c(CN2C[C@@H](C)Cc3ccncc3S2(=O)=O)c1)C(C)(C)C(C)=O. The van der Waals surface area contributed by atoms with Crippen LogP contribution in [0.4, 0.5) is 0 Å². The van der Waals surface area contributed by atoms with Gasteiger partial charge in [-0.2, -0.15) is 4.31 Å². The number of carbonyl (C=O) groups excluding carboxylic acids is 1. The van der Waals surface area contributed by atoms with E-state index in [1.807, 2.05) is 45.9 Å². The van der Waals surface area contributed by atoms with Crippen LogP contribution in [0, 0.1) is 18.3 Å². The number of fused-ring (bicyclic) bond motifs is 1. The van der Waals surface area contributed by atoms with Gasteiger partial charge in [-0.05, 0) is 61.4 Å². The van der Waals surface area contributed by atoms with Crippen LogP contribution in [-0.4, -0.2) is 48.2 Å². The first-order valence-corrected chi connectivity index (χ1v) is 14.3. The van der Waals surface area contributed by atoms with Gasteiger partial charge in [0.15, 0.2) is 0 Å². The molecule has 1 aliphatic heterocycles. The van der Waals surface area contributed by atoms with Gasteiger partial charge in [0.1, 0.15) is 10.7 Å². The number of ether oxygens (including phenoxy) is 1. The highest BCUT2D eigenvalue weighted by Gasteiger charge is 2.37. The molecule has 0 fully saturated rings. The highest BCUT2D eigenvalue weighted by Crippen LogP contribution is 2.39. The molecule has 0 saturated carbocycles. The van der Waals surface area contributed by atoms with E-state index in [1.165, 1.54) is 15.5 Å². The molecule has 0 aliphatic carbocycles. The van der Waals surface area contributed by atoms with E-state index in [0.29, 0.717) is 25.2 Å². The summed E-state index contributed by atoms with van der Waals surface area (Å²) in [5.74, 6) is 5.94. The largest absolute Gasteiger partial charge is 0.399 e. The Morgan fingerprint density at radius 3 is 2.71 bits per heavy atom. The number of pyridine rings is 1. The van der Waals surface area contributed by atoms with Crippen molar-refractivity contribution in [2.45, 2.75) is 65.5 Å². The van der Waals surface area contributed by atoms with E-state index in [2.05, 4.69) is 11.9 Å². The van der Waals surface area contributed by atoms with E-state index in [-0.39, 0.29) is 29.7 Å². The number of Topliss-reactive ketones (excluding diaryl/α,β-unsaturated/α-hetero) is 1. The molecule has 1 aromatic heterocycles. The van der Waals surface area contributed by atoms with E-state index in [1.54, 1.807) is 25.4 Å². The normalized spacial score (nSPS) is 18.9. The van der Waals surface area contributed by atoms with E-state index >= 15 is 0 Å². The molecule has 9 nitrogen and oxygen atoms in total. The lowest BCUT2D eigenvalue weighted by Gasteiger charge is -2.33. The van der Waals surface area contributed by atoms with E-state index in [9.17, 15) is 13.2 Å². The summed E-state index contributed by atoms with van der Waals surface area (Å²) < 4.78 is 35.0. The van der Waals surface area contributed by atoms with E-state index < -0.39 is 21.5 Å². The predicted molar refractivity (Wildman–Crippen MR) is 148 cm³/mol. The maximum absolute atomic E-state index is 13.6. The fourth-order valence-corrected chi connectivity index (χ4v) is 6.34. The second kappa shape index (κ2) is 11.9. The van der Waals surface area contributed by atoms with Crippen LogP contribution in [0.5, 0.6) is 0 Å². The Morgan fingerprint density at radius 2 is 2.05 bits per heavy atom. The molecule has 0 bridgehead atoms. The third-order valence-electron chi connectivity index (χ3n) is 7.27. The molecule has 38 heavy (non-hydrogen) atoms. The topological polar surface area (TPSA) is 132 Å². The lowest BCUT2D eigenvalue weighted by Crippen LogP contribution is -2.34. The quantitative estimate of drug-likeness (QED) is 0.344. The number of benzene rings is 1. The van der Waals surface area contributed by atoms with Gasteiger partial charge < -0.3 is 15.5 Å². The van der Waals surface area contributed by atoms with Crippen LogP contribution in [0.15, 0.2) is 53.5 Å². The van der Waals surface area contributed by atoms with Crippen LogP contribution in [0.1, 0.15) is 63.0 Å². The lowest BCUT2D eigenvalue weighted by atomic mass is 9.78. The molecule has 10 heteroatoms. The third-order valence-corrected chi connectivity index (χ3v) is 9.15. The molecular weight excluding hydrogens is 502 g/mol. The molecule has 0 amide bonds. The van der Waals surface area contributed by atoms with E-state index in [4.69, 9.17) is 16.3 Å². The molecule has 208 valence electrons. The summed E-state index contributed by atoms with van der Waals surface area (Å²) in [4.78, 5) is 17.0. The lowest BCUT2D eigenvalue weighted by molar-refractivity contribution is -0.134. The Bertz CT molecular complexity index is 1290. The van der Waals surface area contributed by atoms with Gasteiger partial charge in [-0.1, -0.05) is 39.0 Å². The fraction of sp³-hybridized carbons (Fsp3) is 0.500. The number of sulfonamides is 1. The van der Waals surface area contributed by atoms with E-state index in [0.717, 1.165) is 22.3 Å². The van der Waals surface area contributed by atoms with Gasteiger partial charge in [-0.25, -0.2) is 14.3 Å². The van der Waals surface area contributed by atoms with Crippen molar-refractivity contribution in [2.75, 3.05) is 19.7 Å². The summed E-state index contributed by atoms with van der Waals surface area (Å²) in [6, 6.07) is 7.60. The maximum atomic E-state index is 13.6. The zero-order valence-corrected chi connectivity index (χ0v) is 24.1. The summed E-state index contributed by atoms with van der Waals surface area (Å²) in [7, 11) is -3.73. The van der Waals surface area contributed by atoms with Crippen LogP contribution < -0.4 is 11.6 Å². The summed E-state index contributed by atoms with van der Waals surface area (Å²) in [6.07, 6.45) is 4.75. The number of aryl methyl sites for hydroxylation is 1. The zero-order valence-electron chi connectivity index (χ0n) is 23.3. The van der Waals surface area contributed by atoms with Crippen molar-refractivity contribution in [3.63, 3.8) is 0 Å². The predicted octanol–water partition coefficient (Wildman–Crippen LogP) is 3.44. The van der Waals surface area contributed by atoms with Gasteiger partial charge in [0.25, 0.3) is 0 Å². The molecule has 1 aromatic carbocycles. The molecule has 1 aliphatic rings. The standard InChI is InChI=1S/C28H41N5O4S/c1-7-32(30)17-25(29)18-37-27(28(5,6)21(4)34)23-9-8-20(3)24(13-23)16-33-15-19(2)12-22-10-11-31-14-26(22)38(33,35)36/h8-11,13-14,17,19,27H,7,12,15-16,18,29-30H2,1-6H3/b25-17-/t19-,27+/m0/s1. The number of rotatable bonds is 10. The number of ketones is 1. The van der Waals surface area contributed by atoms with Crippen molar-refractivity contribution in [2.24, 2.45) is 22.9 Å². The molecule has 0 radical (unpaired) electrons. The Balaban J connectivity index is 1.97. The highest BCUT2D eigenvalue weighted by atomic mass is 32.2. The average Bonchev–Trinajstić information content (AvgIpc) is 2.94. The Kier molecular flexibility index (Phi) is 9.35. The van der Waals surface area contributed by atoms with Crippen molar-refractivity contribution in [1.82, 2.24) is 14.3 Å². The van der Waals surface area contributed by atoms with Gasteiger partial charge >= 0.3 is 0 Å². The molecule has 3 rings (SSSR count). The second-order valence-corrected chi connectivity index (χ2v) is 12.7. The molecule has 0 spiro atoms. The van der Waals surface area contributed by atoms with Crippen molar-refractivity contribution in [3.8, 4) is 0 Å². The number of hydrogen-bond donors (Lipinski definition) is 2. The van der Waals surface area contributed by atoms with Gasteiger partial charge in [0, 0.05) is 38.2 Å². The van der Waals surface area contributed by atoms with Crippen molar-refractivity contribution < 1.29 is 17.9 Å². The minimum Gasteiger partial charge on any atom is -0.399 e. The fourth-order valence-electron chi connectivity index (χ4n) is 4.63. The smallest absolute Gasteiger partial charge is 0.245 e. The molecule has 2 aromatic rings. The van der Waals surface area contributed by atoms with Gasteiger partial charge in [-0.15, -0.1) is 0 Å². The second-order valence-electron chi connectivity index (χ2n) is 10.8. The highest BCUT2D eigenvalue weighted by molar-refractivity contribution is 7.89. The number of nitrogens with zero attached hydrogens (tertiary/aromatic N) is 3. The third kappa shape index (κ3) is 6.61. The monoisotopic (exact) mass is 543 g/mol. The van der Waals surface area contributed by atoms with Crippen LogP contribution in [0.25, 0.3) is 0 Å². The molecule has 2 heterocycles. The first-order valence-electron chi connectivity index (χ1n) is 12.9. The number of nitrogens with two attached hydrogens (primary N) is 2. The van der Waals surface area contributed by atoms with Gasteiger partial charge in [0.05, 0.1) is 23.8 Å². The first-order chi connectivity index (χ1) is 17.8. The van der Waals surface area contributed by atoms with Crippen LogP contribution >= 0.6 is 0 Å². The zero-order chi connectivity index (χ0) is 28.3. The number of aromatic nitrogens is 1. The Morgan fingerprint density at radius 1 is 1.34 bits per heavy atom. The number of hydrazine groups is 1. The Hall–Kier alpha value is -2.79. The van der Waals surface area contributed by atoms with Crippen LogP contribution in [-0.2, 0) is 32.5 Å². The summed E-state index contributed by atoms with van der Waals surface area (Å²) in [6.45, 7) is 12.4. The maximum Gasteiger partial charge on any atom is 0.245 e. The average molecular weight is 544 g/mol. The van der Waals surface area contributed by atoms with Gasteiger partial charge in [-0.3, -0.25) is 9.78 Å². The Labute approximate surface area is 226 Å². The molecular formula is C28H41N5O4S. The molecule has 4 N–H and O–H groups in total. The van der Waals surface area contributed by atoms with Crippen LogP contribution in [0.3, 0.4) is 0 Å². The minimum absolute atomic E-state index is 0.0331. The van der Waals surface area contributed by atoms with Crippen molar-refractivity contribution >= 4 is 15.8 Å². The minimum atomic E-state index is -3.73. The molecule has 2 atom stereocenters. The van der Waals surface area contributed by atoms with Crippen molar-refractivity contribution in [1.29, 1.82) is 0 Å². The summed E-state index contributed by atoms with van der Waals surface area (Å²) in [5.41, 5.74) is 9.07. The molecule has 0 saturated heterocycles.